The van der Waals surface area contributed by atoms with Gasteiger partial charge in [-0.3, -0.25) is 0 Å². The van der Waals surface area contributed by atoms with Crippen LogP contribution in [0.1, 0.15) is 22.8 Å². The van der Waals surface area contributed by atoms with Crippen LogP contribution in [0.2, 0.25) is 0 Å². The summed E-state index contributed by atoms with van der Waals surface area (Å²) < 4.78 is 51.7. The summed E-state index contributed by atoms with van der Waals surface area (Å²) in [5.41, 5.74) is -0.432. The third-order valence-corrected chi connectivity index (χ3v) is 3.49. The molecule has 0 spiro atoms. The molecule has 2 rings (SSSR count). The Morgan fingerprint density at radius 2 is 1.81 bits per heavy atom. The molecule has 0 bridgehead atoms. The van der Waals surface area contributed by atoms with Crippen molar-refractivity contribution in [3.8, 4) is 0 Å². The quantitative estimate of drug-likeness (QED) is 0.771. The van der Waals surface area contributed by atoms with Gasteiger partial charge in [-0.15, -0.1) is 0 Å². The average molecular weight is 363 g/mol. The molecule has 1 N–H and O–H groups in total. The summed E-state index contributed by atoms with van der Waals surface area (Å²) in [5, 5.41) is 10.0. The first-order valence-corrected chi connectivity index (χ1v) is 6.86. The summed E-state index contributed by atoms with van der Waals surface area (Å²) >= 11 is 3.28. The summed E-state index contributed by atoms with van der Waals surface area (Å²) in [6.07, 6.45) is -5.63. The van der Waals surface area contributed by atoms with E-state index in [9.17, 15) is 22.7 Å². The summed E-state index contributed by atoms with van der Waals surface area (Å²) in [4.78, 5) is 0. The van der Waals surface area contributed by atoms with Gasteiger partial charge >= 0.3 is 6.18 Å². The molecule has 0 aliphatic carbocycles. The number of aliphatic hydroxyl groups is 1. The highest BCUT2D eigenvalue weighted by Crippen LogP contribution is 2.32. The highest BCUT2D eigenvalue weighted by atomic mass is 79.9. The maximum Gasteiger partial charge on any atom is 0.419 e. The minimum Gasteiger partial charge on any atom is -0.388 e. The van der Waals surface area contributed by atoms with Gasteiger partial charge in [0, 0.05) is 10.9 Å². The molecule has 2 aromatic carbocycles. The lowest BCUT2D eigenvalue weighted by molar-refractivity contribution is -0.140. The Balaban J connectivity index is 2.20. The fourth-order valence-electron chi connectivity index (χ4n) is 1.97. The molecule has 112 valence electrons. The van der Waals surface area contributed by atoms with Crippen molar-refractivity contribution in [2.75, 3.05) is 0 Å². The largest absolute Gasteiger partial charge is 0.419 e. The molecule has 1 atom stereocenters. The predicted molar refractivity (Wildman–Crippen MR) is 74.2 cm³/mol. The van der Waals surface area contributed by atoms with Crippen molar-refractivity contribution in [3.05, 3.63) is 69.4 Å². The van der Waals surface area contributed by atoms with Crippen LogP contribution in [0.5, 0.6) is 0 Å². The molecular weight excluding hydrogens is 352 g/mol. The Bertz CT molecular complexity index is 640. The van der Waals surface area contributed by atoms with Crippen LogP contribution in [-0.2, 0) is 12.6 Å². The third kappa shape index (κ3) is 4.04. The Kier molecular flexibility index (Phi) is 4.68. The van der Waals surface area contributed by atoms with Crippen molar-refractivity contribution in [2.45, 2.75) is 18.7 Å². The van der Waals surface area contributed by atoms with Crippen molar-refractivity contribution in [2.24, 2.45) is 0 Å². The number of aliphatic hydroxyl groups excluding tert-OH is 1. The van der Waals surface area contributed by atoms with Gasteiger partial charge in [-0.25, -0.2) is 4.39 Å². The molecule has 1 nitrogen and oxygen atoms in total. The zero-order valence-electron chi connectivity index (χ0n) is 10.7. The molecule has 0 heterocycles. The third-order valence-electron chi connectivity index (χ3n) is 3.00. The molecular formula is C15H11BrF4O. The van der Waals surface area contributed by atoms with E-state index in [0.717, 1.165) is 22.2 Å². The van der Waals surface area contributed by atoms with Crippen LogP contribution >= 0.6 is 15.9 Å². The highest BCUT2D eigenvalue weighted by molar-refractivity contribution is 9.10. The van der Waals surface area contributed by atoms with Crippen LogP contribution in [0.3, 0.4) is 0 Å². The SMILES string of the molecule is OC(Cc1cccc(Br)c1)c1ccc(C(F)(F)F)c(F)c1. The lowest BCUT2D eigenvalue weighted by Crippen LogP contribution is -2.10. The molecule has 0 fully saturated rings. The molecule has 2 aromatic rings. The molecule has 0 saturated carbocycles. The van der Waals surface area contributed by atoms with E-state index >= 15 is 0 Å². The number of alkyl halides is 3. The van der Waals surface area contributed by atoms with Crippen LogP contribution in [0, 0.1) is 5.82 Å². The van der Waals surface area contributed by atoms with Crippen LogP contribution in [0.4, 0.5) is 17.6 Å². The maximum atomic E-state index is 13.5. The minimum absolute atomic E-state index is 0.112. The molecule has 1 unspecified atom stereocenters. The van der Waals surface area contributed by atoms with Gasteiger partial charge in [0.1, 0.15) is 5.82 Å². The van der Waals surface area contributed by atoms with Crippen molar-refractivity contribution in [1.29, 1.82) is 0 Å². The maximum absolute atomic E-state index is 13.5. The molecule has 0 saturated heterocycles. The Morgan fingerprint density at radius 1 is 1.10 bits per heavy atom. The van der Waals surface area contributed by atoms with Gasteiger partial charge in [0.15, 0.2) is 0 Å². The van der Waals surface area contributed by atoms with Gasteiger partial charge < -0.3 is 5.11 Å². The molecule has 0 amide bonds. The van der Waals surface area contributed by atoms with Gasteiger partial charge in [-0.05, 0) is 35.4 Å². The summed E-state index contributed by atoms with van der Waals surface area (Å²) in [5.74, 6) is -1.38. The summed E-state index contributed by atoms with van der Waals surface area (Å²) in [6.45, 7) is 0. The van der Waals surface area contributed by atoms with E-state index in [4.69, 9.17) is 0 Å². The Morgan fingerprint density at radius 3 is 2.38 bits per heavy atom. The van der Waals surface area contributed by atoms with Crippen LogP contribution < -0.4 is 0 Å². The smallest absolute Gasteiger partial charge is 0.388 e. The molecule has 0 aromatic heterocycles. The van der Waals surface area contributed by atoms with E-state index in [1.165, 1.54) is 0 Å². The average Bonchev–Trinajstić information content (AvgIpc) is 2.37. The van der Waals surface area contributed by atoms with Gasteiger partial charge in [-0.2, -0.15) is 13.2 Å². The van der Waals surface area contributed by atoms with E-state index in [1.807, 2.05) is 6.07 Å². The van der Waals surface area contributed by atoms with Crippen molar-refractivity contribution < 1.29 is 22.7 Å². The van der Waals surface area contributed by atoms with E-state index in [2.05, 4.69) is 15.9 Å². The molecule has 0 radical (unpaired) electrons. The van der Waals surface area contributed by atoms with Gasteiger partial charge in [0.25, 0.3) is 0 Å². The topological polar surface area (TPSA) is 20.2 Å². The standard InChI is InChI=1S/C15H11BrF4O/c16-11-3-1-2-9(6-11)7-14(21)10-4-5-12(13(17)8-10)15(18,19)20/h1-6,8,14,21H,7H2. The Hall–Kier alpha value is -1.40. The fourth-order valence-corrected chi connectivity index (χ4v) is 2.42. The lowest BCUT2D eigenvalue weighted by atomic mass is 10.00. The summed E-state index contributed by atoms with van der Waals surface area (Å²) in [7, 11) is 0. The van der Waals surface area contributed by atoms with Gasteiger partial charge in [0.05, 0.1) is 11.7 Å². The van der Waals surface area contributed by atoms with Gasteiger partial charge in [-0.1, -0.05) is 34.1 Å². The second kappa shape index (κ2) is 6.15. The van der Waals surface area contributed by atoms with Crippen molar-refractivity contribution >= 4 is 15.9 Å². The first-order valence-electron chi connectivity index (χ1n) is 6.06. The Labute approximate surface area is 127 Å². The number of hydrogen-bond donors (Lipinski definition) is 1. The second-order valence-electron chi connectivity index (χ2n) is 4.59. The van der Waals surface area contributed by atoms with Crippen molar-refractivity contribution in [3.63, 3.8) is 0 Å². The zero-order valence-corrected chi connectivity index (χ0v) is 12.2. The minimum atomic E-state index is -4.74. The molecule has 6 heteroatoms. The molecule has 0 aliphatic rings. The first-order chi connectivity index (χ1) is 9.77. The lowest BCUT2D eigenvalue weighted by Gasteiger charge is -2.14. The zero-order chi connectivity index (χ0) is 15.6. The number of benzene rings is 2. The monoisotopic (exact) mass is 362 g/mol. The van der Waals surface area contributed by atoms with E-state index in [-0.39, 0.29) is 12.0 Å². The highest BCUT2D eigenvalue weighted by Gasteiger charge is 2.34. The van der Waals surface area contributed by atoms with Gasteiger partial charge in [0.2, 0.25) is 0 Å². The predicted octanol–water partition coefficient (Wildman–Crippen LogP) is 4.88. The number of rotatable bonds is 3. The normalized spacial score (nSPS) is 13.2. The fraction of sp³-hybridized carbons (Fsp3) is 0.200. The van der Waals surface area contributed by atoms with E-state index in [1.54, 1.807) is 18.2 Å². The van der Waals surface area contributed by atoms with Crippen LogP contribution in [-0.4, -0.2) is 5.11 Å². The van der Waals surface area contributed by atoms with Crippen LogP contribution in [0.25, 0.3) is 0 Å². The molecule has 21 heavy (non-hydrogen) atoms. The van der Waals surface area contributed by atoms with E-state index < -0.39 is 23.7 Å². The first kappa shape index (κ1) is 16.0. The summed E-state index contributed by atoms with van der Waals surface area (Å²) in [6, 6.07) is 9.61. The molecule has 0 aliphatic heterocycles. The number of halogens is 5. The van der Waals surface area contributed by atoms with Crippen LogP contribution in [0.15, 0.2) is 46.9 Å². The second-order valence-corrected chi connectivity index (χ2v) is 5.50. The number of hydrogen-bond acceptors (Lipinski definition) is 1. The van der Waals surface area contributed by atoms with E-state index in [0.29, 0.717) is 6.07 Å². The van der Waals surface area contributed by atoms with Crippen molar-refractivity contribution in [1.82, 2.24) is 0 Å².